The van der Waals surface area contributed by atoms with Crippen molar-refractivity contribution in [1.82, 2.24) is 5.32 Å². The molecule has 1 N–H and O–H groups in total. The van der Waals surface area contributed by atoms with Crippen LogP contribution in [0, 0.1) is 5.82 Å². The molecule has 28 heavy (non-hydrogen) atoms. The summed E-state index contributed by atoms with van der Waals surface area (Å²) in [6, 6.07) is 22.3. The molecular weight excluding hydrogens is 375 g/mol. The smallest absolute Gasteiger partial charge is 0.263 e. The van der Waals surface area contributed by atoms with E-state index < -0.39 is 5.54 Å². The maximum Gasteiger partial charge on any atom is 0.263 e. The summed E-state index contributed by atoms with van der Waals surface area (Å²) < 4.78 is 18.7. The molecule has 0 aromatic heterocycles. The van der Waals surface area contributed by atoms with Crippen LogP contribution in [0.25, 0.3) is 0 Å². The van der Waals surface area contributed by atoms with Gasteiger partial charge in [-0.15, -0.1) is 0 Å². The molecule has 1 fully saturated rings. The fourth-order valence-corrected chi connectivity index (χ4v) is 3.53. The van der Waals surface area contributed by atoms with Crippen LogP contribution >= 0.6 is 12.2 Å². The maximum atomic E-state index is 13.2. The van der Waals surface area contributed by atoms with E-state index in [9.17, 15) is 9.18 Å². The number of nitrogens with one attached hydrogen (secondary N) is 1. The van der Waals surface area contributed by atoms with Crippen molar-refractivity contribution >= 4 is 28.9 Å². The molecule has 6 heteroatoms. The molecule has 4 nitrogen and oxygen atoms in total. The lowest BCUT2D eigenvalue weighted by molar-refractivity contribution is -0.121. The van der Waals surface area contributed by atoms with E-state index in [0.29, 0.717) is 16.6 Å². The van der Waals surface area contributed by atoms with Gasteiger partial charge in [0.1, 0.15) is 22.9 Å². The highest BCUT2D eigenvalue weighted by atomic mass is 32.1. The third-order valence-electron chi connectivity index (χ3n) is 4.69. The zero-order valence-corrected chi connectivity index (χ0v) is 15.9. The first kappa shape index (κ1) is 18.1. The van der Waals surface area contributed by atoms with E-state index in [1.807, 2.05) is 42.5 Å². The number of hydrogen-bond acceptors (Lipinski definition) is 3. The largest absolute Gasteiger partial charge is 0.457 e. The number of rotatable bonds is 4. The van der Waals surface area contributed by atoms with Gasteiger partial charge in [-0.25, -0.2) is 4.39 Å². The van der Waals surface area contributed by atoms with Gasteiger partial charge in [0, 0.05) is 0 Å². The van der Waals surface area contributed by atoms with Crippen LogP contribution in [0.5, 0.6) is 11.5 Å². The maximum absolute atomic E-state index is 13.2. The topological polar surface area (TPSA) is 41.6 Å². The van der Waals surface area contributed by atoms with Gasteiger partial charge in [0.25, 0.3) is 5.91 Å². The number of ether oxygens (including phenoxy) is 1. The van der Waals surface area contributed by atoms with Crippen LogP contribution < -0.4 is 15.0 Å². The summed E-state index contributed by atoms with van der Waals surface area (Å²) in [6.07, 6.45) is 0. The average Bonchev–Trinajstić information content (AvgIpc) is 2.94. The van der Waals surface area contributed by atoms with Crippen molar-refractivity contribution in [2.45, 2.75) is 12.5 Å². The Labute approximate surface area is 167 Å². The van der Waals surface area contributed by atoms with Crippen LogP contribution in [0.1, 0.15) is 12.5 Å². The Hall–Kier alpha value is -3.25. The SMILES string of the molecule is CC1(c2ccc(Oc3ccc(F)cc3)cc2)NC(=S)N(c2ccccc2)C1=O. The second-order valence-corrected chi connectivity index (χ2v) is 7.00. The van der Waals surface area contributed by atoms with Gasteiger partial charge in [-0.1, -0.05) is 30.3 Å². The number of benzene rings is 3. The lowest BCUT2D eigenvalue weighted by Crippen LogP contribution is -2.40. The average molecular weight is 392 g/mol. The monoisotopic (exact) mass is 392 g/mol. The zero-order chi connectivity index (χ0) is 19.7. The molecule has 1 unspecified atom stereocenters. The number of hydrogen-bond donors (Lipinski definition) is 1. The molecule has 0 radical (unpaired) electrons. The van der Waals surface area contributed by atoms with Crippen LogP contribution in [0.4, 0.5) is 10.1 Å². The molecule has 0 saturated carbocycles. The van der Waals surface area contributed by atoms with Crippen molar-refractivity contribution < 1.29 is 13.9 Å². The van der Waals surface area contributed by atoms with Gasteiger partial charge >= 0.3 is 0 Å². The Morgan fingerprint density at radius 1 is 0.929 bits per heavy atom. The molecule has 1 aliphatic rings. The molecular formula is C22H17FN2O2S. The zero-order valence-electron chi connectivity index (χ0n) is 15.1. The molecule has 1 saturated heterocycles. The molecule has 0 aliphatic carbocycles. The minimum Gasteiger partial charge on any atom is -0.457 e. The summed E-state index contributed by atoms with van der Waals surface area (Å²) in [5.74, 6) is 0.662. The van der Waals surface area contributed by atoms with Crippen molar-refractivity contribution in [3.05, 3.63) is 90.2 Å². The molecule has 1 atom stereocenters. The van der Waals surface area contributed by atoms with Gasteiger partial charge in [-0.05, 0) is 73.2 Å². The molecule has 4 rings (SSSR count). The minimum atomic E-state index is -0.971. The number of carbonyl (C=O) groups is 1. The predicted molar refractivity (Wildman–Crippen MR) is 110 cm³/mol. The Kier molecular flexibility index (Phi) is 4.57. The van der Waals surface area contributed by atoms with Crippen molar-refractivity contribution in [2.75, 3.05) is 4.90 Å². The van der Waals surface area contributed by atoms with Crippen LogP contribution in [0.2, 0.25) is 0 Å². The van der Waals surface area contributed by atoms with E-state index in [1.165, 1.54) is 17.0 Å². The molecule has 0 spiro atoms. The van der Waals surface area contributed by atoms with E-state index in [4.69, 9.17) is 17.0 Å². The lowest BCUT2D eigenvalue weighted by Gasteiger charge is -2.23. The van der Waals surface area contributed by atoms with Gasteiger partial charge in [0.05, 0.1) is 5.69 Å². The fourth-order valence-electron chi connectivity index (χ4n) is 3.14. The second-order valence-electron chi connectivity index (χ2n) is 6.61. The number of para-hydroxylation sites is 1. The van der Waals surface area contributed by atoms with E-state index in [-0.39, 0.29) is 11.7 Å². The number of anilines is 1. The normalized spacial score (nSPS) is 18.9. The van der Waals surface area contributed by atoms with Crippen molar-refractivity contribution in [3.63, 3.8) is 0 Å². The highest BCUT2D eigenvalue weighted by Gasteiger charge is 2.47. The van der Waals surface area contributed by atoms with E-state index in [2.05, 4.69) is 5.32 Å². The number of thiocarbonyl (C=S) groups is 1. The molecule has 1 heterocycles. The Morgan fingerprint density at radius 3 is 2.11 bits per heavy atom. The summed E-state index contributed by atoms with van der Waals surface area (Å²) in [7, 11) is 0. The summed E-state index contributed by atoms with van der Waals surface area (Å²) in [5.41, 5.74) is 0.524. The Balaban J connectivity index is 1.57. The first-order valence-corrected chi connectivity index (χ1v) is 9.14. The molecule has 3 aromatic rings. The third kappa shape index (κ3) is 3.23. The number of nitrogens with zero attached hydrogens (tertiary/aromatic N) is 1. The standard InChI is InChI=1S/C22H17FN2O2S/c1-22(20(26)25(21(28)24-22)17-5-3-2-4-6-17)15-7-11-18(12-8-15)27-19-13-9-16(23)10-14-19/h2-14H,1H3,(H,24,28). The van der Waals surface area contributed by atoms with Crippen molar-refractivity contribution in [3.8, 4) is 11.5 Å². The molecule has 3 aromatic carbocycles. The summed E-state index contributed by atoms with van der Waals surface area (Å²) in [6.45, 7) is 1.81. The van der Waals surface area contributed by atoms with Gasteiger partial charge in [-0.3, -0.25) is 9.69 Å². The third-order valence-corrected chi connectivity index (χ3v) is 4.97. The van der Waals surface area contributed by atoms with Crippen molar-refractivity contribution in [1.29, 1.82) is 0 Å². The first-order valence-electron chi connectivity index (χ1n) is 8.73. The Morgan fingerprint density at radius 2 is 1.50 bits per heavy atom. The van der Waals surface area contributed by atoms with Crippen molar-refractivity contribution in [2.24, 2.45) is 0 Å². The number of amides is 1. The fraction of sp³-hybridized carbons (Fsp3) is 0.0909. The lowest BCUT2D eigenvalue weighted by atomic mass is 9.92. The van der Waals surface area contributed by atoms with Crippen LogP contribution in [-0.2, 0) is 10.3 Å². The van der Waals surface area contributed by atoms with E-state index in [1.54, 1.807) is 31.2 Å². The quantitative estimate of drug-likeness (QED) is 0.651. The van der Waals surface area contributed by atoms with Gasteiger partial charge in [0.15, 0.2) is 5.11 Å². The number of halogens is 1. The van der Waals surface area contributed by atoms with Crippen LogP contribution in [0.3, 0.4) is 0 Å². The molecule has 1 amide bonds. The highest BCUT2D eigenvalue weighted by molar-refractivity contribution is 7.80. The second kappa shape index (κ2) is 7.05. The van der Waals surface area contributed by atoms with Gasteiger partial charge in [-0.2, -0.15) is 0 Å². The van der Waals surface area contributed by atoms with Gasteiger partial charge < -0.3 is 10.1 Å². The predicted octanol–water partition coefficient (Wildman–Crippen LogP) is 4.75. The van der Waals surface area contributed by atoms with Gasteiger partial charge in [0.2, 0.25) is 0 Å². The minimum absolute atomic E-state index is 0.143. The summed E-state index contributed by atoms with van der Waals surface area (Å²) >= 11 is 5.41. The van der Waals surface area contributed by atoms with Crippen LogP contribution in [-0.4, -0.2) is 11.0 Å². The first-order chi connectivity index (χ1) is 13.5. The van der Waals surface area contributed by atoms with E-state index in [0.717, 1.165) is 11.3 Å². The van der Waals surface area contributed by atoms with E-state index >= 15 is 0 Å². The summed E-state index contributed by atoms with van der Waals surface area (Å²) in [5, 5.41) is 3.51. The molecule has 140 valence electrons. The Bertz CT molecular complexity index is 1020. The highest BCUT2D eigenvalue weighted by Crippen LogP contribution is 2.33. The van der Waals surface area contributed by atoms with Crippen LogP contribution in [0.15, 0.2) is 78.9 Å². The summed E-state index contributed by atoms with van der Waals surface area (Å²) in [4.78, 5) is 14.7. The molecule has 1 aliphatic heterocycles. The molecule has 0 bridgehead atoms. The number of carbonyl (C=O) groups excluding carboxylic acids is 1.